The van der Waals surface area contributed by atoms with Crippen molar-refractivity contribution in [3.63, 3.8) is 0 Å². The molecule has 2 N–H and O–H groups in total. The van der Waals surface area contributed by atoms with Crippen molar-refractivity contribution in [2.24, 2.45) is 0 Å². The molecular weight excluding hydrogens is 365 g/mol. The van der Waals surface area contributed by atoms with Gasteiger partial charge in [0.1, 0.15) is 17.3 Å². The largest absolute Gasteiger partial charge is 0.484 e. The van der Waals surface area contributed by atoms with E-state index in [0.29, 0.717) is 23.1 Å². The molecule has 0 aliphatic rings. The molecule has 0 spiro atoms. The number of hydrogen-bond donors (Lipinski definition) is 2. The molecule has 28 heavy (non-hydrogen) atoms. The topological polar surface area (TPSA) is 93.5 Å². The molecule has 8 heteroatoms. The predicted octanol–water partition coefficient (Wildman–Crippen LogP) is 2.56. The Balaban J connectivity index is 1.47. The maximum absolute atomic E-state index is 12.8. The van der Waals surface area contributed by atoms with Gasteiger partial charge in [0.15, 0.2) is 6.61 Å². The van der Waals surface area contributed by atoms with Crippen molar-refractivity contribution in [3.05, 3.63) is 71.9 Å². The lowest BCUT2D eigenvalue weighted by molar-refractivity contribution is -0.129. The molecule has 0 radical (unpaired) electrons. The quantitative estimate of drug-likeness (QED) is 0.638. The van der Waals surface area contributed by atoms with Crippen molar-refractivity contribution in [2.45, 2.75) is 13.3 Å². The van der Waals surface area contributed by atoms with Crippen molar-refractivity contribution in [1.82, 2.24) is 15.8 Å². The standard InChI is InChI=1S/C20H18FN3O4/c1-13-17(22-20(28-13)14-5-3-2-4-6-14)11-18(25)23-24-19(26)12-27-16-9-7-15(21)8-10-16/h2-10H,11-12H2,1H3,(H,23,25)(H,24,26). The Morgan fingerprint density at radius 3 is 2.43 bits per heavy atom. The summed E-state index contributed by atoms with van der Waals surface area (Å²) in [6.45, 7) is 1.39. The lowest BCUT2D eigenvalue weighted by Gasteiger charge is -2.08. The summed E-state index contributed by atoms with van der Waals surface area (Å²) in [7, 11) is 0. The van der Waals surface area contributed by atoms with Crippen LogP contribution in [0.1, 0.15) is 11.5 Å². The second-order valence-corrected chi connectivity index (χ2v) is 5.90. The highest BCUT2D eigenvalue weighted by Crippen LogP contribution is 2.21. The van der Waals surface area contributed by atoms with Gasteiger partial charge in [0, 0.05) is 5.56 Å². The Bertz CT molecular complexity index is 955. The molecule has 0 fully saturated rings. The summed E-state index contributed by atoms with van der Waals surface area (Å²) < 4.78 is 23.6. The Morgan fingerprint density at radius 2 is 1.71 bits per heavy atom. The Labute approximate surface area is 160 Å². The first-order valence-corrected chi connectivity index (χ1v) is 8.49. The van der Waals surface area contributed by atoms with Crippen LogP contribution in [-0.2, 0) is 16.0 Å². The van der Waals surface area contributed by atoms with Gasteiger partial charge in [0.05, 0.1) is 12.1 Å². The molecule has 0 saturated heterocycles. The summed E-state index contributed by atoms with van der Waals surface area (Å²) in [6.07, 6.45) is -0.0543. The molecule has 1 aromatic heterocycles. The number of aryl methyl sites for hydroxylation is 1. The van der Waals surface area contributed by atoms with Gasteiger partial charge in [-0.15, -0.1) is 0 Å². The number of nitrogens with zero attached hydrogens (tertiary/aromatic N) is 1. The van der Waals surface area contributed by atoms with Crippen molar-refractivity contribution in [3.8, 4) is 17.2 Å². The van der Waals surface area contributed by atoms with Gasteiger partial charge in [-0.3, -0.25) is 20.4 Å². The summed E-state index contributed by atoms with van der Waals surface area (Å²) in [5, 5.41) is 0. The zero-order valence-electron chi connectivity index (χ0n) is 15.1. The molecule has 0 aliphatic heterocycles. The van der Waals surface area contributed by atoms with E-state index in [0.717, 1.165) is 5.56 Å². The average Bonchev–Trinajstić information content (AvgIpc) is 3.07. The van der Waals surface area contributed by atoms with Crippen molar-refractivity contribution >= 4 is 11.8 Å². The number of hydrazine groups is 1. The summed E-state index contributed by atoms with van der Waals surface area (Å²) in [5.74, 6) is -0.111. The normalized spacial score (nSPS) is 10.4. The highest BCUT2D eigenvalue weighted by molar-refractivity contribution is 5.83. The summed E-state index contributed by atoms with van der Waals surface area (Å²) in [4.78, 5) is 28.1. The van der Waals surface area contributed by atoms with Crippen LogP contribution in [0.25, 0.3) is 11.5 Å². The van der Waals surface area contributed by atoms with Gasteiger partial charge in [-0.25, -0.2) is 9.37 Å². The molecule has 0 unspecified atom stereocenters. The fourth-order valence-electron chi connectivity index (χ4n) is 2.35. The van der Waals surface area contributed by atoms with E-state index in [1.807, 2.05) is 30.3 Å². The van der Waals surface area contributed by atoms with E-state index in [1.54, 1.807) is 6.92 Å². The highest BCUT2D eigenvalue weighted by atomic mass is 19.1. The fraction of sp³-hybridized carbons (Fsp3) is 0.150. The third-order valence-electron chi connectivity index (χ3n) is 3.77. The van der Waals surface area contributed by atoms with Crippen LogP contribution < -0.4 is 15.6 Å². The molecule has 0 saturated carbocycles. The Kier molecular flexibility index (Phi) is 6.01. The Hall–Kier alpha value is -3.68. The van der Waals surface area contributed by atoms with Gasteiger partial charge >= 0.3 is 0 Å². The maximum Gasteiger partial charge on any atom is 0.276 e. The zero-order valence-corrected chi connectivity index (χ0v) is 15.1. The van der Waals surface area contributed by atoms with Crippen LogP contribution in [0.2, 0.25) is 0 Å². The molecule has 7 nitrogen and oxygen atoms in total. The Morgan fingerprint density at radius 1 is 1.04 bits per heavy atom. The van der Waals surface area contributed by atoms with Gasteiger partial charge in [0.2, 0.25) is 11.8 Å². The lowest BCUT2D eigenvalue weighted by Crippen LogP contribution is -2.44. The zero-order chi connectivity index (χ0) is 19.9. The average molecular weight is 383 g/mol. The van der Waals surface area contributed by atoms with Crippen LogP contribution in [0, 0.1) is 12.7 Å². The molecule has 144 valence electrons. The molecule has 0 atom stereocenters. The van der Waals surface area contributed by atoms with Crippen LogP contribution in [0.4, 0.5) is 4.39 Å². The fourth-order valence-corrected chi connectivity index (χ4v) is 2.35. The van der Waals surface area contributed by atoms with E-state index in [4.69, 9.17) is 9.15 Å². The summed E-state index contributed by atoms with van der Waals surface area (Å²) >= 11 is 0. The number of aromatic nitrogens is 1. The number of carbonyl (C=O) groups excluding carboxylic acids is 2. The van der Waals surface area contributed by atoms with E-state index < -0.39 is 17.6 Å². The third kappa shape index (κ3) is 5.16. The molecule has 3 rings (SSSR count). The van der Waals surface area contributed by atoms with Gasteiger partial charge in [-0.2, -0.15) is 0 Å². The smallest absolute Gasteiger partial charge is 0.276 e. The molecule has 1 heterocycles. The lowest BCUT2D eigenvalue weighted by atomic mass is 10.2. The number of nitrogens with one attached hydrogen (secondary N) is 2. The van der Waals surface area contributed by atoms with Crippen LogP contribution in [-0.4, -0.2) is 23.4 Å². The molecule has 2 amide bonds. The van der Waals surface area contributed by atoms with E-state index in [1.165, 1.54) is 24.3 Å². The van der Waals surface area contributed by atoms with E-state index in [9.17, 15) is 14.0 Å². The minimum Gasteiger partial charge on any atom is -0.484 e. The van der Waals surface area contributed by atoms with Gasteiger partial charge in [-0.05, 0) is 43.3 Å². The minimum absolute atomic E-state index is 0.0543. The van der Waals surface area contributed by atoms with Gasteiger partial charge < -0.3 is 9.15 Å². The first kappa shape index (κ1) is 19.1. The van der Waals surface area contributed by atoms with Gasteiger partial charge in [0.25, 0.3) is 5.91 Å². The molecule has 2 aromatic carbocycles. The van der Waals surface area contributed by atoms with Crippen molar-refractivity contribution in [2.75, 3.05) is 6.61 Å². The third-order valence-corrected chi connectivity index (χ3v) is 3.77. The van der Waals surface area contributed by atoms with Crippen LogP contribution >= 0.6 is 0 Å². The maximum atomic E-state index is 12.8. The van der Waals surface area contributed by atoms with Crippen LogP contribution in [0.15, 0.2) is 59.0 Å². The first-order chi connectivity index (χ1) is 13.5. The number of oxazole rings is 1. The molecular formula is C20H18FN3O4. The van der Waals surface area contributed by atoms with Crippen molar-refractivity contribution in [1.29, 1.82) is 0 Å². The number of halogens is 1. The monoisotopic (exact) mass is 383 g/mol. The van der Waals surface area contributed by atoms with Gasteiger partial charge in [-0.1, -0.05) is 18.2 Å². The highest BCUT2D eigenvalue weighted by Gasteiger charge is 2.15. The second kappa shape index (κ2) is 8.81. The van der Waals surface area contributed by atoms with E-state index >= 15 is 0 Å². The summed E-state index contributed by atoms with van der Waals surface area (Å²) in [6, 6.07) is 14.6. The van der Waals surface area contributed by atoms with E-state index in [-0.39, 0.29) is 13.0 Å². The number of amides is 2. The SMILES string of the molecule is Cc1oc(-c2ccccc2)nc1CC(=O)NNC(=O)COc1ccc(F)cc1. The van der Waals surface area contributed by atoms with Crippen LogP contribution in [0.5, 0.6) is 5.75 Å². The second-order valence-electron chi connectivity index (χ2n) is 5.90. The predicted molar refractivity (Wildman–Crippen MR) is 98.6 cm³/mol. The minimum atomic E-state index is -0.556. The molecule has 0 aliphatic carbocycles. The number of benzene rings is 2. The van der Waals surface area contributed by atoms with Crippen molar-refractivity contribution < 1.29 is 23.1 Å². The first-order valence-electron chi connectivity index (χ1n) is 8.49. The van der Waals surface area contributed by atoms with Crippen LogP contribution in [0.3, 0.4) is 0 Å². The number of rotatable bonds is 6. The number of carbonyl (C=O) groups is 2. The number of ether oxygens (including phenoxy) is 1. The number of hydrogen-bond acceptors (Lipinski definition) is 5. The molecule has 3 aromatic rings. The molecule has 0 bridgehead atoms. The summed E-state index contributed by atoms with van der Waals surface area (Å²) in [5.41, 5.74) is 5.83. The van der Waals surface area contributed by atoms with E-state index in [2.05, 4.69) is 15.8 Å².